The highest BCUT2D eigenvalue weighted by Crippen LogP contribution is 2.25. The van der Waals surface area contributed by atoms with Crippen molar-refractivity contribution < 1.29 is 27.4 Å². The second-order valence-electron chi connectivity index (χ2n) is 3.26. The van der Waals surface area contributed by atoms with E-state index in [-0.39, 0.29) is 19.1 Å². The Morgan fingerprint density at radius 1 is 1.47 bits per heavy atom. The molecule has 0 aromatic heterocycles. The summed E-state index contributed by atoms with van der Waals surface area (Å²) in [5.41, 5.74) is 0. The second-order valence-corrected chi connectivity index (χ2v) is 3.26. The molecule has 0 unspecified atom stereocenters. The van der Waals surface area contributed by atoms with Gasteiger partial charge in [-0.25, -0.2) is 0 Å². The van der Waals surface area contributed by atoms with Gasteiger partial charge in [0, 0.05) is 13.5 Å². The minimum absolute atomic E-state index is 0.0966. The molecule has 0 saturated carbocycles. The lowest BCUT2D eigenvalue weighted by molar-refractivity contribution is -0.167. The third-order valence-electron chi connectivity index (χ3n) is 2.06. The lowest BCUT2D eigenvalue weighted by atomic mass is 9.97. The molecule has 0 aromatic carbocycles. The van der Waals surface area contributed by atoms with Crippen molar-refractivity contribution in [1.29, 1.82) is 0 Å². The molecule has 0 aliphatic carbocycles. The quantitative estimate of drug-likeness (QED) is 0.558. The normalized spacial score (nSPS) is 26.0. The van der Waals surface area contributed by atoms with E-state index in [0.29, 0.717) is 0 Å². The summed E-state index contributed by atoms with van der Waals surface area (Å²) >= 11 is 0. The first-order valence-corrected chi connectivity index (χ1v) is 4.41. The Morgan fingerprint density at radius 3 is 2.60 bits per heavy atom. The summed E-state index contributed by atoms with van der Waals surface area (Å²) in [6.07, 6.45) is -6.10. The SMILES string of the molecule is COCO[C@H]1C(=O)N[C@H]1CCC(F)(F)F. The number of alkyl halides is 3. The molecule has 0 radical (unpaired) electrons. The van der Waals surface area contributed by atoms with Gasteiger partial charge >= 0.3 is 6.18 Å². The van der Waals surface area contributed by atoms with Crippen LogP contribution in [0, 0.1) is 0 Å². The second kappa shape index (κ2) is 4.80. The summed E-state index contributed by atoms with van der Waals surface area (Å²) in [6.45, 7) is -0.0966. The molecule has 88 valence electrons. The van der Waals surface area contributed by atoms with Crippen molar-refractivity contribution in [3.63, 3.8) is 0 Å². The van der Waals surface area contributed by atoms with Crippen LogP contribution in [-0.4, -0.2) is 38.1 Å². The minimum Gasteiger partial charge on any atom is -0.359 e. The Kier molecular flexibility index (Phi) is 3.92. The molecule has 1 amide bonds. The highest BCUT2D eigenvalue weighted by Gasteiger charge is 2.42. The zero-order valence-electron chi connectivity index (χ0n) is 8.13. The van der Waals surface area contributed by atoms with Gasteiger partial charge < -0.3 is 14.8 Å². The third-order valence-corrected chi connectivity index (χ3v) is 2.06. The number of halogens is 3. The van der Waals surface area contributed by atoms with Crippen molar-refractivity contribution in [2.45, 2.75) is 31.2 Å². The minimum atomic E-state index is -4.20. The van der Waals surface area contributed by atoms with Gasteiger partial charge in [-0.15, -0.1) is 0 Å². The Balaban J connectivity index is 2.28. The number of methoxy groups -OCH3 is 1. The van der Waals surface area contributed by atoms with Crippen LogP contribution in [0.5, 0.6) is 0 Å². The van der Waals surface area contributed by atoms with Gasteiger partial charge in [0.25, 0.3) is 5.91 Å². The van der Waals surface area contributed by atoms with E-state index in [1.807, 2.05) is 0 Å². The summed E-state index contributed by atoms with van der Waals surface area (Å²) in [7, 11) is 1.38. The van der Waals surface area contributed by atoms with E-state index < -0.39 is 24.7 Å². The zero-order valence-corrected chi connectivity index (χ0v) is 8.13. The van der Waals surface area contributed by atoms with Crippen LogP contribution >= 0.6 is 0 Å². The largest absolute Gasteiger partial charge is 0.389 e. The fourth-order valence-corrected chi connectivity index (χ4v) is 1.30. The van der Waals surface area contributed by atoms with Crippen LogP contribution in [0.4, 0.5) is 13.2 Å². The monoisotopic (exact) mass is 227 g/mol. The molecule has 0 bridgehead atoms. The number of hydrogen-bond acceptors (Lipinski definition) is 3. The van der Waals surface area contributed by atoms with Gasteiger partial charge in [-0.2, -0.15) is 13.2 Å². The smallest absolute Gasteiger partial charge is 0.359 e. The number of β-lactam (4-membered cyclic amide) rings is 1. The van der Waals surface area contributed by atoms with Gasteiger partial charge in [-0.3, -0.25) is 4.79 Å². The summed E-state index contributed by atoms with van der Waals surface area (Å²) in [4.78, 5) is 10.9. The number of nitrogens with one attached hydrogen (secondary N) is 1. The molecule has 15 heavy (non-hydrogen) atoms. The summed E-state index contributed by atoms with van der Waals surface area (Å²) in [5, 5.41) is 2.35. The van der Waals surface area contributed by atoms with E-state index in [1.165, 1.54) is 7.11 Å². The van der Waals surface area contributed by atoms with Gasteiger partial charge in [0.05, 0.1) is 6.04 Å². The molecule has 7 heteroatoms. The Hall–Kier alpha value is -0.820. The van der Waals surface area contributed by atoms with E-state index in [0.717, 1.165) is 0 Å². The molecule has 1 aliphatic rings. The van der Waals surface area contributed by atoms with Crippen LogP contribution in [0.15, 0.2) is 0 Å². The fourth-order valence-electron chi connectivity index (χ4n) is 1.30. The van der Waals surface area contributed by atoms with Crippen molar-refractivity contribution in [2.24, 2.45) is 0 Å². The van der Waals surface area contributed by atoms with Gasteiger partial charge in [-0.05, 0) is 6.42 Å². The Bertz CT molecular complexity index is 232. The first kappa shape index (κ1) is 12.3. The van der Waals surface area contributed by atoms with Crippen molar-refractivity contribution in [3.8, 4) is 0 Å². The molecular formula is C8H12F3NO3. The average molecular weight is 227 g/mol. The van der Waals surface area contributed by atoms with E-state index in [2.05, 4.69) is 10.1 Å². The average Bonchev–Trinajstić information content (AvgIpc) is 2.11. The van der Waals surface area contributed by atoms with Crippen LogP contribution in [0.1, 0.15) is 12.8 Å². The molecule has 1 aliphatic heterocycles. The third kappa shape index (κ3) is 3.67. The molecule has 1 fully saturated rings. The number of rotatable bonds is 5. The van der Waals surface area contributed by atoms with Crippen LogP contribution in [0.25, 0.3) is 0 Å². The fraction of sp³-hybridized carbons (Fsp3) is 0.875. The molecule has 2 atom stereocenters. The number of carbonyl (C=O) groups excluding carboxylic acids is 1. The van der Waals surface area contributed by atoms with Crippen molar-refractivity contribution in [2.75, 3.05) is 13.9 Å². The molecule has 0 aromatic rings. The zero-order chi connectivity index (χ0) is 11.5. The van der Waals surface area contributed by atoms with Gasteiger partial charge in [0.15, 0.2) is 6.10 Å². The topological polar surface area (TPSA) is 47.6 Å². The first-order chi connectivity index (χ1) is 6.94. The Morgan fingerprint density at radius 2 is 2.13 bits per heavy atom. The number of ether oxygens (including phenoxy) is 2. The number of amides is 1. The van der Waals surface area contributed by atoms with Crippen molar-refractivity contribution >= 4 is 5.91 Å². The highest BCUT2D eigenvalue weighted by atomic mass is 19.4. The first-order valence-electron chi connectivity index (χ1n) is 4.41. The molecular weight excluding hydrogens is 215 g/mol. The van der Waals surface area contributed by atoms with E-state index in [4.69, 9.17) is 4.74 Å². The predicted octanol–water partition coefficient (Wildman–Crippen LogP) is 0.816. The van der Waals surface area contributed by atoms with Gasteiger partial charge in [-0.1, -0.05) is 0 Å². The molecule has 1 rings (SSSR count). The standard InChI is InChI=1S/C8H12F3NO3/c1-14-4-15-6-5(12-7(6)13)2-3-8(9,10)11/h5-6H,2-4H2,1H3,(H,12,13)/t5-,6+/m0/s1. The van der Waals surface area contributed by atoms with Crippen LogP contribution in [0.2, 0.25) is 0 Å². The maximum absolute atomic E-state index is 11.9. The molecule has 0 spiro atoms. The molecule has 1 N–H and O–H groups in total. The lowest BCUT2D eigenvalue weighted by Crippen LogP contribution is -2.63. The van der Waals surface area contributed by atoms with Gasteiger partial charge in [0.1, 0.15) is 6.79 Å². The van der Waals surface area contributed by atoms with E-state index in [1.54, 1.807) is 0 Å². The van der Waals surface area contributed by atoms with Crippen LogP contribution in [-0.2, 0) is 14.3 Å². The van der Waals surface area contributed by atoms with Gasteiger partial charge in [0.2, 0.25) is 0 Å². The Labute approximate surface area is 84.7 Å². The summed E-state index contributed by atoms with van der Waals surface area (Å²) < 4.78 is 45.1. The predicted molar refractivity (Wildman–Crippen MR) is 44.0 cm³/mol. The van der Waals surface area contributed by atoms with Crippen molar-refractivity contribution in [3.05, 3.63) is 0 Å². The van der Waals surface area contributed by atoms with E-state index in [9.17, 15) is 18.0 Å². The van der Waals surface area contributed by atoms with Crippen LogP contribution < -0.4 is 5.32 Å². The van der Waals surface area contributed by atoms with Crippen molar-refractivity contribution in [1.82, 2.24) is 5.32 Å². The van der Waals surface area contributed by atoms with Crippen LogP contribution in [0.3, 0.4) is 0 Å². The molecule has 4 nitrogen and oxygen atoms in total. The number of carbonyl (C=O) groups is 1. The maximum atomic E-state index is 11.9. The summed E-state index contributed by atoms with van der Waals surface area (Å²) in [6, 6.07) is -0.561. The molecule has 1 heterocycles. The lowest BCUT2D eigenvalue weighted by Gasteiger charge is -2.36. The highest BCUT2D eigenvalue weighted by molar-refractivity contribution is 5.88. The summed E-state index contributed by atoms with van der Waals surface area (Å²) in [5.74, 6) is -0.390. The van der Waals surface area contributed by atoms with E-state index >= 15 is 0 Å². The number of hydrogen-bond donors (Lipinski definition) is 1. The molecule has 1 saturated heterocycles. The maximum Gasteiger partial charge on any atom is 0.389 e.